The third kappa shape index (κ3) is 1.89. The first-order valence-electron chi connectivity index (χ1n) is 4.90. The highest BCUT2D eigenvalue weighted by molar-refractivity contribution is 6.33. The summed E-state index contributed by atoms with van der Waals surface area (Å²) in [6.07, 6.45) is 0. The summed E-state index contributed by atoms with van der Waals surface area (Å²) >= 11 is 6.05. The van der Waals surface area contributed by atoms with Crippen molar-refractivity contribution >= 4 is 17.4 Å². The molecule has 0 aliphatic carbocycles. The minimum absolute atomic E-state index is 0.0434. The second-order valence-electron chi connectivity index (χ2n) is 3.55. The predicted molar refractivity (Wildman–Crippen MR) is 66.3 cm³/mol. The molecule has 3 N–H and O–H groups in total. The highest BCUT2D eigenvalue weighted by atomic mass is 35.5. The maximum absolute atomic E-state index is 10.0. The van der Waals surface area contributed by atoms with E-state index in [1.807, 2.05) is 0 Å². The summed E-state index contributed by atoms with van der Waals surface area (Å²) in [5.41, 5.74) is 6.61. The summed E-state index contributed by atoms with van der Waals surface area (Å²) in [5, 5.41) is 14.6. The molecule has 1 heterocycles. The summed E-state index contributed by atoms with van der Waals surface area (Å²) < 4.78 is 6.53. The Morgan fingerprint density at radius 1 is 1.47 bits per heavy atom. The Labute approximate surface area is 103 Å². The number of nitrogen functional groups attached to an aromatic ring is 1. The van der Waals surface area contributed by atoms with Crippen molar-refractivity contribution in [3.05, 3.63) is 23.2 Å². The Kier molecular flexibility index (Phi) is 2.85. The van der Waals surface area contributed by atoms with E-state index < -0.39 is 0 Å². The molecule has 17 heavy (non-hydrogen) atoms. The molecule has 0 amide bonds. The normalized spacial score (nSPS) is 10.5. The van der Waals surface area contributed by atoms with Gasteiger partial charge in [0.15, 0.2) is 11.5 Å². The van der Waals surface area contributed by atoms with Crippen molar-refractivity contribution in [2.45, 2.75) is 0 Å². The van der Waals surface area contributed by atoms with Gasteiger partial charge in [-0.1, -0.05) is 11.6 Å². The van der Waals surface area contributed by atoms with Crippen LogP contribution in [0.15, 0.2) is 18.2 Å². The van der Waals surface area contributed by atoms with Crippen molar-refractivity contribution in [3.63, 3.8) is 0 Å². The molecule has 90 valence electrons. The molecule has 5 nitrogen and oxygen atoms in total. The zero-order valence-corrected chi connectivity index (χ0v) is 10.2. The molecule has 6 heteroatoms. The number of aromatic nitrogens is 2. The molecule has 1 aromatic carbocycles. The van der Waals surface area contributed by atoms with Crippen LogP contribution in [0.5, 0.6) is 11.5 Å². The van der Waals surface area contributed by atoms with Gasteiger partial charge in [0.1, 0.15) is 5.82 Å². The Bertz CT molecular complexity index is 547. The van der Waals surface area contributed by atoms with Crippen LogP contribution in [0.3, 0.4) is 0 Å². The molecule has 1 aromatic heterocycles. The molecule has 0 unspecified atom stereocenters. The van der Waals surface area contributed by atoms with Gasteiger partial charge < -0.3 is 15.6 Å². The van der Waals surface area contributed by atoms with Crippen LogP contribution in [0, 0.1) is 0 Å². The lowest BCUT2D eigenvalue weighted by molar-refractivity contribution is 0.374. The second-order valence-corrected chi connectivity index (χ2v) is 3.96. The molecule has 0 radical (unpaired) electrons. The lowest BCUT2D eigenvalue weighted by Gasteiger charge is -2.08. The van der Waals surface area contributed by atoms with Crippen LogP contribution in [0.1, 0.15) is 0 Å². The molecule has 0 atom stereocenters. The average Bonchev–Trinajstić information content (AvgIpc) is 2.59. The van der Waals surface area contributed by atoms with Crippen molar-refractivity contribution in [2.24, 2.45) is 7.05 Å². The Hall–Kier alpha value is -1.88. The van der Waals surface area contributed by atoms with E-state index in [9.17, 15) is 5.11 Å². The van der Waals surface area contributed by atoms with Gasteiger partial charge in [0.2, 0.25) is 0 Å². The number of nitrogens with zero attached hydrogens (tertiary/aromatic N) is 2. The van der Waals surface area contributed by atoms with Gasteiger partial charge in [-0.3, -0.25) is 4.68 Å². The number of anilines is 1. The zero-order chi connectivity index (χ0) is 12.6. The third-order valence-corrected chi connectivity index (χ3v) is 2.80. The first kappa shape index (κ1) is 11.6. The number of methoxy groups -OCH3 is 1. The predicted octanol–water partition coefficient (Wildman–Crippen LogP) is 2.04. The van der Waals surface area contributed by atoms with Crippen molar-refractivity contribution in [3.8, 4) is 22.8 Å². The summed E-state index contributed by atoms with van der Waals surface area (Å²) in [7, 11) is 3.18. The van der Waals surface area contributed by atoms with Crippen molar-refractivity contribution in [1.82, 2.24) is 9.78 Å². The second kappa shape index (κ2) is 4.18. The van der Waals surface area contributed by atoms with E-state index in [2.05, 4.69) is 5.10 Å². The number of aryl methyl sites for hydroxylation is 1. The summed E-state index contributed by atoms with van der Waals surface area (Å²) in [4.78, 5) is 0. The standard InChI is InChI=1S/C11H12ClN3O2/c1-15-9(13)5-7(14-15)10-6(12)3-4-8(17-2)11(10)16/h3-5,16H,13H2,1-2H3. The quantitative estimate of drug-likeness (QED) is 0.859. The van der Waals surface area contributed by atoms with Crippen molar-refractivity contribution in [2.75, 3.05) is 12.8 Å². The van der Waals surface area contributed by atoms with Gasteiger partial charge in [-0.2, -0.15) is 5.10 Å². The lowest BCUT2D eigenvalue weighted by Crippen LogP contribution is -1.96. The zero-order valence-electron chi connectivity index (χ0n) is 9.44. The number of nitrogens with two attached hydrogens (primary N) is 1. The molecule has 0 aliphatic heterocycles. The van der Waals surface area contributed by atoms with E-state index in [0.29, 0.717) is 27.8 Å². The smallest absolute Gasteiger partial charge is 0.168 e. The van der Waals surface area contributed by atoms with E-state index >= 15 is 0 Å². The Morgan fingerprint density at radius 3 is 2.71 bits per heavy atom. The van der Waals surface area contributed by atoms with Gasteiger partial charge in [-0.15, -0.1) is 0 Å². The summed E-state index contributed by atoms with van der Waals surface area (Å²) in [5.74, 6) is 0.782. The fourth-order valence-corrected chi connectivity index (χ4v) is 1.81. The lowest BCUT2D eigenvalue weighted by atomic mass is 10.1. The van der Waals surface area contributed by atoms with E-state index in [1.165, 1.54) is 11.8 Å². The maximum atomic E-state index is 10.0. The van der Waals surface area contributed by atoms with Crippen LogP contribution in [0.25, 0.3) is 11.3 Å². The van der Waals surface area contributed by atoms with Crippen LogP contribution in [0.2, 0.25) is 5.02 Å². The van der Waals surface area contributed by atoms with E-state index in [1.54, 1.807) is 25.2 Å². The van der Waals surface area contributed by atoms with Crippen LogP contribution in [-0.4, -0.2) is 22.0 Å². The van der Waals surface area contributed by atoms with Gasteiger partial charge in [0.05, 0.1) is 23.4 Å². The van der Waals surface area contributed by atoms with Gasteiger partial charge >= 0.3 is 0 Å². The topological polar surface area (TPSA) is 73.3 Å². The van der Waals surface area contributed by atoms with Crippen LogP contribution in [0.4, 0.5) is 5.82 Å². The first-order chi connectivity index (χ1) is 8.04. The summed E-state index contributed by atoms with van der Waals surface area (Å²) in [6, 6.07) is 4.87. The van der Waals surface area contributed by atoms with Crippen molar-refractivity contribution in [1.29, 1.82) is 0 Å². The molecule has 2 rings (SSSR count). The van der Waals surface area contributed by atoms with E-state index in [4.69, 9.17) is 22.1 Å². The number of hydrogen-bond acceptors (Lipinski definition) is 4. The fourth-order valence-electron chi connectivity index (χ4n) is 1.56. The van der Waals surface area contributed by atoms with E-state index in [-0.39, 0.29) is 5.75 Å². The summed E-state index contributed by atoms with van der Waals surface area (Å²) in [6.45, 7) is 0. The highest BCUT2D eigenvalue weighted by Crippen LogP contribution is 2.41. The molecule has 0 saturated heterocycles. The first-order valence-corrected chi connectivity index (χ1v) is 5.27. The molecule has 2 aromatic rings. The molecule has 0 aliphatic rings. The molecular formula is C11H12ClN3O2. The molecule has 0 fully saturated rings. The Balaban J connectivity index is 2.65. The number of aromatic hydroxyl groups is 1. The molecule has 0 saturated carbocycles. The number of hydrogen-bond donors (Lipinski definition) is 2. The number of halogens is 1. The van der Waals surface area contributed by atoms with Gasteiger partial charge in [-0.25, -0.2) is 0 Å². The number of rotatable bonds is 2. The van der Waals surface area contributed by atoms with Gasteiger partial charge in [0.25, 0.3) is 0 Å². The number of benzene rings is 1. The van der Waals surface area contributed by atoms with Crippen LogP contribution in [-0.2, 0) is 7.05 Å². The average molecular weight is 254 g/mol. The number of ether oxygens (including phenoxy) is 1. The van der Waals surface area contributed by atoms with Crippen molar-refractivity contribution < 1.29 is 9.84 Å². The SMILES string of the molecule is COc1ccc(Cl)c(-c2cc(N)n(C)n2)c1O. The van der Waals surface area contributed by atoms with E-state index in [0.717, 1.165) is 0 Å². The number of phenols is 1. The largest absolute Gasteiger partial charge is 0.504 e. The van der Waals surface area contributed by atoms with Crippen LogP contribution < -0.4 is 10.5 Å². The minimum Gasteiger partial charge on any atom is -0.504 e. The minimum atomic E-state index is -0.0434. The number of phenolic OH excluding ortho intramolecular Hbond substituents is 1. The van der Waals surface area contributed by atoms with Gasteiger partial charge in [-0.05, 0) is 12.1 Å². The highest BCUT2D eigenvalue weighted by Gasteiger charge is 2.17. The van der Waals surface area contributed by atoms with Gasteiger partial charge in [0, 0.05) is 13.1 Å². The van der Waals surface area contributed by atoms with Crippen LogP contribution >= 0.6 is 11.6 Å². The monoisotopic (exact) mass is 253 g/mol. The fraction of sp³-hybridized carbons (Fsp3) is 0.182. The molecular weight excluding hydrogens is 242 g/mol. The Morgan fingerprint density at radius 2 is 2.18 bits per heavy atom. The maximum Gasteiger partial charge on any atom is 0.168 e. The third-order valence-electron chi connectivity index (χ3n) is 2.48. The molecule has 0 bridgehead atoms. The molecule has 0 spiro atoms.